The summed E-state index contributed by atoms with van der Waals surface area (Å²) in [7, 11) is 3.34. The van der Waals surface area contributed by atoms with E-state index in [4.69, 9.17) is 47.4 Å². The smallest absolute Gasteiger partial charge is 0.181 e. The number of methoxy groups -OCH3 is 2. The molecule has 3 aliphatic rings. The van der Waals surface area contributed by atoms with E-state index in [0.29, 0.717) is 71.8 Å². The number of fused-ring (bicyclic) bond motifs is 3. The number of hydrogen-bond acceptors (Lipinski definition) is 15. The fourth-order valence-electron chi connectivity index (χ4n) is 5.90. The lowest BCUT2D eigenvalue weighted by Gasteiger charge is -2.22. The van der Waals surface area contributed by atoms with Crippen molar-refractivity contribution < 1.29 is 47.4 Å². The number of ether oxygens (including phenoxy) is 10. The van der Waals surface area contributed by atoms with Gasteiger partial charge in [0.2, 0.25) is 0 Å². The fraction of sp³-hybridized carbons (Fsp3) is 0.444. The van der Waals surface area contributed by atoms with Crippen LogP contribution in [0.5, 0.6) is 46.0 Å². The SMILES string of the molecule is COCCOc1ccsc1-c1sc(-c2cc(OCCOC)c(-c3sc(-c4sc(C(C)(C)C)c5c4OCCO5)c4c3OCCO4)s2)c2c1OCCO2. The van der Waals surface area contributed by atoms with Crippen molar-refractivity contribution in [1.82, 2.24) is 0 Å². The molecular weight excluding hydrogens is 753 g/mol. The molecule has 0 amide bonds. The molecule has 0 saturated heterocycles. The Hall–Kier alpha value is -3.18. The van der Waals surface area contributed by atoms with Gasteiger partial charge in [0.15, 0.2) is 34.5 Å². The zero-order chi connectivity index (χ0) is 35.1. The van der Waals surface area contributed by atoms with Crippen molar-refractivity contribution in [3.63, 3.8) is 0 Å². The molecule has 0 radical (unpaired) electrons. The van der Waals surface area contributed by atoms with Crippen LogP contribution < -0.4 is 37.9 Å². The van der Waals surface area contributed by atoms with E-state index < -0.39 is 0 Å². The second-order valence-electron chi connectivity index (χ2n) is 12.7. The number of rotatable bonds is 12. The molecule has 0 aliphatic carbocycles. The maximum atomic E-state index is 6.43. The molecule has 0 N–H and O–H groups in total. The Bertz CT molecular complexity index is 2010. The van der Waals surface area contributed by atoms with Gasteiger partial charge in [-0.15, -0.1) is 56.7 Å². The van der Waals surface area contributed by atoms with Gasteiger partial charge in [-0.2, -0.15) is 0 Å². The van der Waals surface area contributed by atoms with Crippen molar-refractivity contribution in [2.24, 2.45) is 0 Å². The van der Waals surface area contributed by atoms with E-state index in [0.717, 1.165) is 84.1 Å². The summed E-state index contributed by atoms with van der Waals surface area (Å²) in [6.45, 7) is 11.3. The molecule has 8 rings (SSSR count). The van der Waals surface area contributed by atoms with Crippen LogP contribution in [-0.4, -0.2) is 80.3 Å². The normalized spacial score (nSPS) is 14.9. The van der Waals surface area contributed by atoms with Crippen molar-refractivity contribution in [3.05, 3.63) is 22.4 Å². The minimum absolute atomic E-state index is 0.124. The summed E-state index contributed by atoms with van der Waals surface area (Å²) in [5, 5.41) is 2.03. The van der Waals surface area contributed by atoms with E-state index in [-0.39, 0.29) is 5.41 Å². The molecule has 5 aromatic heterocycles. The van der Waals surface area contributed by atoms with Gasteiger partial charge in [0.05, 0.1) is 57.1 Å². The van der Waals surface area contributed by atoms with E-state index >= 15 is 0 Å². The first-order valence-electron chi connectivity index (χ1n) is 16.6. The van der Waals surface area contributed by atoms with E-state index in [1.54, 1.807) is 70.9 Å². The van der Waals surface area contributed by atoms with Crippen LogP contribution in [0.2, 0.25) is 0 Å². The molecule has 5 aromatic rings. The van der Waals surface area contributed by atoms with Crippen LogP contribution in [-0.2, 0) is 14.9 Å². The molecule has 0 atom stereocenters. The summed E-state index contributed by atoms with van der Waals surface area (Å²) in [4.78, 5) is 8.93. The first-order chi connectivity index (χ1) is 24.9. The average molecular weight is 791 g/mol. The number of thiophene rings is 5. The molecule has 0 unspecified atom stereocenters. The van der Waals surface area contributed by atoms with Gasteiger partial charge in [0, 0.05) is 25.7 Å². The maximum absolute atomic E-state index is 6.43. The zero-order valence-electron chi connectivity index (χ0n) is 28.9. The highest BCUT2D eigenvalue weighted by Gasteiger charge is 2.37. The van der Waals surface area contributed by atoms with Crippen molar-refractivity contribution in [2.45, 2.75) is 26.2 Å². The summed E-state index contributed by atoms with van der Waals surface area (Å²) in [5.74, 6) is 6.06. The molecule has 0 aromatic carbocycles. The highest BCUT2D eigenvalue weighted by atomic mass is 32.1. The molecule has 272 valence electrons. The third-order valence-electron chi connectivity index (χ3n) is 8.14. The van der Waals surface area contributed by atoms with E-state index in [1.165, 1.54) is 0 Å². The van der Waals surface area contributed by atoms with Crippen LogP contribution in [0, 0.1) is 0 Å². The monoisotopic (exact) mass is 790 g/mol. The Morgan fingerprint density at radius 2 is 1.00 bits per heavy atom. The Morgan fingerprint density at radius 3 is 1.59 bits per heavy atom. The lowest BCUT2D eigenvalue weighted by Crippen LogP contribution is -2.18. The van der Waals surface area contributed by atoms with Crippen molar-refractivity contribution >= 4 is 56.7 Å². The number of hydrogen-bond donors (Lipinski definition) is 0. The van der Waals surface area contributed by atoms with Crippen LogP contribution in [0.1, 0.15) is 25.6 Å². The van der Waals surface area contributed by atoms with Gasteiger partial charge in [-0.3, -0.25) is 0 Å². The molecule has 0 saturated carbocycles. The first kappa shape index (κ1) is 34.9. The summed E-state index contributed by atoms with van der Waals surface area (Å²) in [6, 6.07) is 4.08. The lowest BCUT2D eigenvalue weighted by atomic mass is 9.94. The third-order valence-corrected chi connectivity index (χ3v) is 14.7. The fourth-order valence-corrected chi connectivity index (χ4v) is 12.0. The van der Waals surface area contributed by atoms with Crippen LogP contribution in [0.3, 0.4) is 0 Å². The van der Waals surface area contributed by atoms with Crippen molar-refractivity contribution in [3.8, 4) is 85.0 Å². The summed E-state index contributed by atoms with van der Waals surface area (Å²) >= 11 is 8.22. The standard InChI is InChI=1S/C36H38O10S5/c1-36(2,3)35-27-26(45-15-16-46-27)34(51-35)33-25-24(43-13-14-44-25)32(50-33)29-20(40-10-8-38-5)18-21(48-29)30-22-23(42-12-11-41-22)31(49-30)28-19(6-17-47-28)39-9-7-37-4/h6,17-18H,7-16H2,1-5H3. The molecule has 3 aliphatic heterocycles. The summed E-state index contributed by atoms with van der Waals surface area (Å²) in [5.41, 5.74) is -0.124. The van der Waals surface area contributed by atoms with Crippen molar-refractivity contribution in [2.75, 3.05) is 80.3 Å². The molecule has 51 heavy (non-hydrogen) atoms. The van der Waals surface area contributed by atoms with E-state index in [1.807, 2.05) is 11.4 Å². The average Bonchev–Trinajstić information content (AvgIpc) is 3.96. The Labute approximate surface area is 316 Å². The van der Waals surface area contributed by atoms with Gasteiger partial charge in [-0.25, -0.2) is 0 Å². The second-order valence-corrected chi connectivity index (χ2v) is 17.7. The van der Waals surface area contributed by atoms with Crippen LogP contribution in [0.4, 0.5) is 0 Å². The van der Waals surface area contributed by atoms with E-state index in [2.05, 4.69) is 26.8 Å². The third kappa shape index (κ3) is 6.55. The predicted octanol–water partition coefficient (Wildman–Crippen LogP) is 9.32. The van der Waals surface area contributed by atoms with Crippen LogP contribution in [0.25, 0.3) is 39.0 Å². The minimum Gasteiger partial charge on any atom is -0.490 e. The lowest BCUT2D eigenvalue weighted by molar-refractivity contribution is 0.147. The van der Waals surface area contributed by atoms with Gasteiger partial charge >= 0.3 is 0 Å². The minimum atomic E-state index is -0.124. The summed E-state index contributed by atoms with van der Waals surface area (Å²) < 4.78 is 61.0. The highest BCUT2D eigenvalue weighted by molar-refractivity contribution is 7.30. The molecule has 8 heterocycles. The van der Waals surface area contributed by atoms with Gasteiger partial charge < -0.3 is 47.4 Å². The maximum Gasteiger partial charge on any atom is 0.181 e. The molecule has 0 spiro atoms. The molecule has 15 heteroatoms. The van der Waals surface area contributed by atoms with Gasteiger partial charge in [-0.1, -0.05) is 20.8 Å². The summed E-state index contributed by atoms with van der Waals surface area (Å²) in [6.07, 6.45) is 0. The van der Waals surface area contributed by atoms with Gasteiger partial charge in [0.1, 0.15) is 64.4 Å². The quantitative estimate of drug-likeness (QED) is 0.114. The van der Waals surface area contributed by atoms with Crippen LogP contribution >= 0.6 is 56.7 Å². The predicted molar refractivity (Wildman–Crippen MR) is 204 cm³/mol. The molecular formula is C36H38O10S5. The van der Waals surface area contributed by atoms with Gasteiger partial charge in [-0.05, 0) is 11.4 Å². The van der Waals surface area contributed by atoms with Gasteiger partial charge in [0.25, 0.3) is 0 Å². The Morgan fingerprint density at radius 1 is 0.529 bits per heavy atom. The highest BCUT2D eigenvalue weighted by Crippen LogP contribution is 2.64. The molecule has 0 fully saturated rings. The molecule has 10 nitrogen and oxygen atoms in total. The largest absolute Gasteiger partial charge is 0.490 e. The molecule has 0 bridgehead atoms. The first-order valence-corrected chi connectivity index (χ1v) is 20.8. The Kier molecular flexibility index (Phi) is 10.0. The van der Waals surface area contributed by atoms with E-state index in [9.17, 15) is 0 Å². The van der Waals surface area contributed by atoms with Crippen LogP contribution in [0.15, 0.2) is 17.5 Å². The van der Waals surface area contributed by atoms with Crippen molar-refractivity contribution in [1.29, 1.82) is 0 Å². The topological polar surface area (TPSA) is 92.3 Å². The second kappa shape index (κ2) is 14.7. The zero-order valence-corrected chi connectivity index (χ0v) is 33.0. The Balaban J connectivity index is 1.25.